The van der Waals surface area contributed by atoms with E-state index in [1.807, 2.05) is 60.0 Å². The van der Waals surface area contributed by atoms with Gasteiger partial charge < -0.3 is 10.1 Å². The van der Waals surface area contributed by atoms with Crippen molar-refractivity contribution in [2.24, 2.45) is 5.10 Å². The van der Waals surface area contributed by atoms with Crippen molar-refractivity contribution >= 4 is 45.9 Å². The van der Waals surface area contributed by atoms with E-state index in [0.29, 0.717) is 21.9 Å². The fourth-order valence-electron chi connectivity index (χ4n) is 3.60. The van der Waals surface area contributed by atoms with Gasteiger partial charge in [-0.3, -0.25) is 4.79 Å². The molecule has 5 rings (SSSR count). The predicted molar refractivity (Wildman–Crippen MR) is 155 cm³/mol. The van der Waals surface area contributed by atoms with Gasteiger partial charge in [-0.1, -0.05) is 48.0 Å². The van der Waals surface area contributed by atoms with Crippen molar-refractivity contribution in [2.45, 2.75) is 6.61 Å². The number of ether oxygens (including phenoxy) is 1. The number of para-hydroxylation sites is 1. The Morgan fingerprint density at radius 2 is 1.72 bits per heavy atom. The van der Waals surface area contributed by atoms with Crippen LogP contribution in [0.1, 0.15) is 21.5 Å². The minimum absolute atomic E-state index is 0.279. The molecule has 0 spiro atoms. The maximum absolute atomic E-state index is 13.1. The van der Waals surface area contributed by atoms with Crippen molar-refractivity contribution in [3.63, 3.8) is 0 Å². The molecule has 0 bridgehead atoms. The molecule has 6 nitrogen and oxygen atoms in total. The first-order valence-corrected chi connectivity index (χ1v) is 13.2. The Labute approximate surface area is 233 Å². The van der Waals surface area contributed by atoms with Crippen LogP contribution in [0.15, 0.2) is 108 Å². The molecule has 0 aliphatic rings. The molecule has 1 heterocycles. The van der Waals surface area contributed by atoms with Crippen molar-refractivity contribution in [1.29, 1.82) is 0 Å². The fraction of sp³-hybridized carbons (Fsp3) is 0.0333. The quantitative estimate of drug-likeness (QED) is 0.144. The first-order chi connectivity index (χ1) is 19.0. The lowest BCUT2D eigenvalue weighted by Gasteiger charge is -2.09. The molecule has 0 unspecified atom stereocenters. The molecule has 0 radical (unpaired) electrons. The molecule has 0 atom stereocenters. The number of rotatable bonds is 9. The van der Waals surface area contributed by atoms with Gasteiger partial charge in [0.15, 0.2) is 5.13 Å². The fourth-order valence-corrected chi connectivity index (χ4v) is 4.46. The molecule has 194 valence electrons. The SMILES string of the molecule is O=C(N/N=C\c1ccccc1OCc1ccc(F)cc1)c1ccc(-c2csc(Nc3ccc(Cl)cc3)n2)cc1. The topological polar surface area (TPSA) is 75.6 Å². The lowest BCUT2D eigenvalue weighted by Crippen LogP contribution is -2.17. The van der Waals surface area contributed by atoms with Crippen molar-refractivity contribution in [2.75, 3.05) is 5.32 Å². The van der Waals surface area contributed by atoms with Crippen LogP contribution in [0.2, 0.25) is 5.02 Å². The number of amides is 1. The van der Waals surface area contributed by atoms with Crippen LogP contribution < -0.4 is 15.5 Å². The van der Waals surface area contributed by atoms with Crippen LogP contribution in [-0.4, -0.2) is 17.1 Å². The van der Waals surface area contributed by atoms with Crippen LogP contribution in [0.25, 0.3) is 11.3 Å². The first kappa shape index (κ1) is 26.1. The van der Waals surface area contributed by atoms with Gasteiger partial charge in [-0.15, -0.1) is 11.3 Å². The van der Waals surface area contributed by atoms with E-state index in [-0.39, 0.29) is 18.3 Å². The van der Waals surface area contributed by atoms with E-state index in [9.17, 15) is 9.18 Å². The van der Waals surface area contributed by atoms with Crippen LogP contribution in [0, 0.1) is 5.82 Å². The Kier molecular flexibility index (Phi) is 8.26. The number of aromatic nitrogens is 1. The second-order valence-electron chi connectivity index (χ2n) is 8.40. The number of carbonyl (C=O) groups is 1. The maximum Gasteiger partial charge on any atom is 0.271 e. The predicted octanol–water partition coefficient (Wildman–Crippen LogP) is 7.69. The highest BCUT2D eigenvalue weighted by Crippen LogP contribution is 2.28. The lowest BCUT2D eigenvalue weighted by atomic mass is 10.1. The van der Waals surface area contributed by atoms with Gasteiger partial charge in [0.05, 0.1) is 11.9 Å². The van der Waals surface area contributed by atoms with E-state index in [2.05, 4.69) is 20.8 Å². The van der Waals surface area contributed by atoms with Gasteiger partial charge in [-0.05, 0) is 66.2 Å². The summed E-state index contributed by atoms with van der Waals surface area (Å²) in [5.41, 5.74) is 7.14. The monoisotopic (exact) mass is 556 g/mol. The summed E-state index contributed by atoms with van der Waals surface area (Å²) in [7, 11) is 0. The lowest BCUT2D eigenvalue weighted by molar-refractivity contribution is 0.0955. The summed E-state index contributed by atoms with van der Waals surface area (Å²) < 4.78 is 19.0. The van der Waals surface area contributed by atoms with E-state index in [1.165, 1.54) is 29.7 Å². The van der Waals surface area contributed by atoms with E-state index < -0.39 is 0 Å². The number of benzene rings is 4. The summed E-state index contributed by atoms with van der Waals surface area (Å²) in [5.74, 6) is -0.0419. The second-order valence-corrected chi connectivity index (χ2v) is 9.69. The van der Waals surface area contributed by atoms with Gasteiger partial charge in [-0.25, -0.2) is 14.8 Å². The Hall–Kier alpha value is -4.53. The zero-order valence-electron chi connectivity index (χ0n) is 20.5. The molecule has 0 aliphatic heterocycles. The average Bonchev–Trinajstić information content (AvgIpc) is 3.43. The molecular weight excluding hydrogens is 535 g/mol. The number of hydrogen-bond acceptors (Lipinski definition) is 6. The van der Waals surface area contributed by atoms with Crippen LogP contribution in [0.5, 0.6) is 5.75 Å². The number of halogens is 2. The van der Waals surface area contributed by atoms with Crippen LogP contribution in [0.3, 0.4) is 0 Å². The van der Waals surface area contributed by atoms with Gasteiger partial charge in [0.2, 0.25) is 0 Å². The highest BCUT2D eigenvalue weighted by molar-refractivity contribution is 7.14. The molecule has 0 saturated heterocycles. The molecule has 9 heteroatoms. The third-order valence-electron chi connectivity index (χ3n) is 5.64. The van der Waals surface area contributed by atoms with Gasteiger partial charge in [0.25, 0.3) is 5.91 Å². The molecular formula is C30H22ClFN4O2S. The number of hydrazone groups is 1. The number of carbonyl (C=O) groups excluding carboxylic acids is 1. The number of thiazole rings is 1. The number of nitrogens with zero attached hydrogens (tertiary/aromatic N) is 2. The standard InChI is InChI=1S/C30H22ClFN4O2S/c31-24-11-15-26(16-12-24)34-30-35-27(19-39-30)21-7-9-22(10-8-21)29(37)36-33-17-23-3-1-2-4-28(23)38-18-20-5-13-25(32)14-6-20/h1-17,19H,18H2,(H,34,35)(H,36,37)/b33-17-. The van der Waals surface area contributed by atoms with Crippen LogP contribution >= 0.6 is 22.9 Å². The zero-order chi connectivity index (χ0) is 27.0. The van der Waals surface area contributed by atoms with Gasteiger partial charge in [0.1, 0.15) is 18.2 Å². The molecule has 0 fully saturated rings. The first-order valence-electron chi connectivity index (χ1n) is 11.9. The van der Waals surface area contributed by atoms with E-state index in [0.717, 1.165) is 27.6 Å². The maximum atomic E-state index is 13.1. The van der Waals surface area contributed by atoms with Crippen molar-refractivity contribution < 1.29 is 13.9 Å². The van der Waals surface area contributed by atoms with Crippen LogP contribution in [-0.2, 0) is 6.61 Å². The summed E-state index contributed by atoms with van der Waals surface area (Å²) >= 11 is 7.43. The van der Waals surface area contributed by atoms with Gasteiger partial charge >= 0.3 is 0 Å². The van der Waals surface area contributed by atoms with E-state index >= 15 is 0 Å². The minimum Gasteiger partial charge on any atom is -0.488 e. The van der Waals surface area contributed by atoms with E-state index in [1.54, 1.807) is 30.3 Å². The number of nitrogens with one attached hydrogen (secondary N) is 2. The molecule has 4 aromatic carbocycles. The Morgan fingerprint density at radius 3 is 2.49 bits per heavy atom. The summed E-state index contributed by atoms with van der Waals surface area (Å²) in [5, 5.41) is 10.7. The second kappa shape index (κ2) is 12.3. The van der Waals surface area contributed by atoms with Gasteiger partial charge in [0, 0.05) is 32.8 Å². The summed E-state index contributed by atoms with van der Waals surface area (Å²) in [6.07, 6.45) is 1.52. The van der Waals surface area contributed by atoms with Crippen molar-refractivity contribution in [1.82, 2.24) is 10.4 Å². The average molecular weight is 557 g/mol. The number of anilines is 2. The Bertz CT molecular complexity index is 1590. The zero-order valence-corrected chi connectivity index (χ0v) is 22.0. The minimum atomic E-state index is -0.342. The summed E-state index contributed by atoms with van der Waals surface area (Å²) in [6, 6.07) is 28.0. The van der Waals surface area contributed by atoms with Crippen molar-refractivity contribution in [3.8, 4) is 17.0 Å². The van der Waals surface area contributed by atoms with Gasteiger partial charge in [-0.2, -0.15) is 5.10 Å². The smallest absolute Gasteiger partial charge is 0.271 e. The Morgan fingerprint density at radius 1 is 0.974 bits per heavy atom. The largest absolute Gasteiger partial charge is 0.488 e. The molecule has 1 aromatic heterocycles. The summed E-state index contributed by atoms with van der Waals surface area (Å²) in [6.45, 7) is 0.279. The highest BCUT2D eigenvalue weighted by atomic mass is 35.5. The van der Waals surface area contributed by atoms with Crippen molar-refractivity contribution in [3.05, 3.63) is 130 Å². The molecule has 2 N–H and O–H groups in total. The van der Waals surface area contributed by atoms with Crippen LogP contribution in [0.4, 0.5) is 15.2 Å². The molecule has 1 amide bonds. The molecule has 0 aliphatic carbocycles. The molecule has 5 aromatic rings. The molecule has 0 saturated carbocycles. The highest BCUT2D eigenvalue weighted by Gasteiger charge is 2.09. The Balaban J connectivity index is 1.17. The number of hydrogen-bond donors (Lipinski definition) is 2. The third-order valence-corrected chi connectivity index (χ3v) is 6.65. The van der Waals surface area contributed by atoms with E-state index in [4.69, 9.17) is 16.3 Å². The summed E-state index contributed by atoms with van der Waals surface area (Å²) in [4.78, 5) is 17.2. The normalized spacial score (nSPS) is 10.9. The molecule has 39 heavy (non-hydrogen) atoms. The third kappa shape index (κ3) is 7.07.